The number of nitrogens with one attached hydrogen (secondary N) is 1. The van der Waals surface area contributed by atoms with Crippen LogP contribution in [0.25, 0.3) is 21.5 Å². The second kappa shape index (κ2) is 26.1. The largest absolute Gasteiger partial charge is 2.00 e. The Bertz CT molecular complexity index is 3860. The fourth-order valence-electron chi connectivity index (χ4n) is 7.70. The summed E-state index contributed by atoms with van der Waals surface area (Å²) in [6.45, 7) is 8.14. The molecule has 0 aliphatic heterocycles. The van der Waals surface area contributed by atoms with Crippen molar-refractivity contribution in [2.24, 2.45) is 25.4 Å². The SMILES string of the molecule is CCOc1cccc(N=C([O-])c2cc3ccccc3c(N=Nc3cc(Cl)c(S(=O)(=O)O)cc3CC)c2[O-])c1.CCOc1cccc(NC(=O)c2cc3ccccc3c(N=Nc3cc(Cl)c(S(=O)(=O)O)cc3CC)c2O)c1.[Ca+2]. The summed E-state index contributed by atoms with van der Waals surface area (Å²) in [5, 5.41) is 58.9. The minimum Gasteiger partial charge on any atom is -0.871 e. The third-order valence-electron chi connectivity index (χ3n) is 11.3. The number of fused-ring (bicyclic) bond motifs is 2. The van der Waals surface area contributed by atoms with Crippen LogP contribution in [0.15, 0.2) is 169 Å². The Hall–Kier alpha value is -6.72. The van der Waals surface area contributed by atoms with Gasteiger partial charge >= 0.3 is 37.7 Å². The summed E-state index contributed by atoms with van der Waals surface area (Å²) >= 11 is 12.1. The number of aryl methyl sites for hydroxylation is 2. The van der Waals surface area contributed by atoms with Crippen LogP contribution in [0.2, 0.25) is 10.0 Å². The summed E-state index contributed by atoms with van der Waals surface area (Å²) in [6, 6.07) is 35.4. The molecule has 0 fully saturated rings. The Morgan fingerprint density at radius 2 is 1.09 bits per heavy atom. The van der Waals surface area contributed by atoms with Gasteiger partial charge in [0.15, 0.2) is 5.75 Å². The monoisotopic (exact) mass is 1140 g/mol. The van der Waals surface area contributed by atoms with Gasteiger partial charge in [0.05, 0.1) is 51.6 Å². The van der Waals surface area contributed by atoms with E-state index < -0.39 is 47.6 Å². The van der Waals surface area contributed by atoms with E-state index in [1.807, 2.05) is 13.8 Å². The number of hydrogen-bond acceptors (Lipinski definition) is 15. The van der Waals surface area contributed by atoms with Crippen molar-refractivity contribution in [3.05, 3.63) is 166 Å². The zero-order valence-corrected chi connectivity index (χ0v) is 46.9. The van der Waals surface area contributed by atoms with Crippen LogP contribution in [0.5, 0.6) is 23.0 Å². The van der Waals surface area contributed by atoms with Crippen molar-refractivity contribution in [3.63, 3.8) is 0 Å². The number of aliphatic imine (C=N–C) groups is 1. The van der Waals surface area contributed by atoms with Crippen molar-refractivity contribution in [3.8, 4) is 23.0 Å². The third kappa shape index (κ3) is 14.5. The molecule has 1 amide bonds. The number of anilines is 1. The maximum absolute atomic E-state index is 13.4. The first-order valence-corrected chi connectivity index (χ1v) is 26.8. The molecule has 0 bridgehead atoms. The van der Waals surface area contributed by atoms with Gasteiger partial charge in [0, 0.05) is 28.6 Å². The average Bonchev–Trinajstić information content (AvgIpc) is 3.37. The molecule has 8 rings (SSSR count). The molecule has 77 heavy (non-hydrogen) atoms. The van der Waals surface area contributed by atoms with Crippen molar-refractivity contribution >= 4 is 149 Å². The van der Waals surface area contributed by atoms with E-state index in [-0.39, 0.29) is 87.4 Å². The Morgan fingerprint density at radius 1 is 0.610 bits per heavy atom. The van der Waals surface area contributed by atoms with Gasteiger partial charge in [-0.2, -0.15) is 32.2 Å². The van der Waals surface area contributed by atoms with Crippen LogP contribution in [-0.4, -0.2) is 93.8 Å². The summed E-state index contributed by atoms with van der Waals surface area (Å²) in [5.74, 6) is -1.23. The van der Waals surface area contributed by atoms with Crippen LogP contribution in [-0.2, 0) is 33.1 Å². The molecule has 0 saturated heterocycles. The van der Waals surface area contributed by atoms with Crippen molar-refractivity contribution in [2.75, 3.05) is 18.5 Å². The second-order valence-corrected chi connectivity index (χ2v) is 19.9. The fourth-order valence-corrected chi connectivity index (χ4v) is 9.79. The van der Waals surface area contributed by atoms with Crippen LogP contribution in [0.1, 0.15) is 54.7 Å². The third-order valence-corrected chi connectivity index (χ3v) is 13.9. The molecule has 8 aromatic carbocycles. The van der Waals surface area contributed by atoms with E-state index >= 15 is 0 Å². The number of carbonyl (C=O) groups is 1. The molecular formula is C54H46CaCl2N6O12S2. The van der Waals surface area contributed by atoms with E-state index in [1.165, 1.54) is 30.3 Å². The first-order valence-electron chi connectivity index (χ1n) is 23.2. The number of hydrogen-bond donors (Lipinski definition) is 4. The van der Waals surface area contributed by atoms with Crippen molar-refractivity contribution < 1.29 is 55.5 Å². The summed E-state index contributed by atoms with van der Waals surface area (Å²) in [5.41, 5.74) is 1.92. The van der Waals surface area contributed by atoms with Crippen LogP contribution in [0.3, 0.4) is 0 Å². The van der Waals surface area contributed by atoms with E-state index in [2.05, 4.69) is 30.8 Å². The molecule has 0 saturated carbocycles. The molecule has 392 valence electrons. The van der Waals surface area contributed by atoms with E-state index in [0.717, 1.165) is 0 Å². The van der Waals surface area contributed by atoms with Crippen molar-refractivity contribution in [1.82, 2.24) is 0 Å². The van der Waals surface area contributed by atoms with Gasteiger partial charge in [0.25, 0.3) is 26.1 Å². The molecular weight excluding hydrogens is 1100 g/mol. The quantitative estimate of drug-likeness (QED) is 0.0231. The van der Waals surface area contributed by atoms with E-state index in [1.54, 1.807) is 117 Å². The summed E-state index contributed by atoms with van der Waals surface area (Å²) in [7, 11) is -9.07. The number of aromatic hydroxyl groups is 1. The number of amides is 1. The van der Waals surface area contributed by atoms with Crippen LogP contribution < -0.4 is 25.0 Å². The molecule has 0 aliphatic rings. The molecule has 0 unspecified atom stereocenters. The van der Waals surface area contributed by atoms with Crippen LogP contribution >= 0.6 is 23.2 Å². The maximum atomic E-state index is 13.4. The number of halogens is 2. The van der Waals surface area contributed by atoms with Crippen molar-refractivity contribution in [1.29, 1.82) is 0 Å². The smallest absolute Gasteiger partial charge is 0.871 e. The topological polar surface area (TPSA) is 284 Å². The number of phenolic OH excluding ortho intramolecular Hbond substituents is 1. The number of rotatable bonds is 16. The van der Waals surface area contributed by atoms with Gasteiger partial charge < -0.3 is 30.1 Å². The molecule has 0 radical (unpaired) electrons. The average molecular weight is 1150 g/mol. The van der Waals surface area contributed by atoms with E-state index in [9.17, 15) is 46.1 Å². The van der Waals surface area contributed by atoms with Gasteiger partial charge in [-0.15, -0.1) is 5.11 Å². The van der Waals surface area contributed by atoms with Gasteiger partial charge in [-0.1, -0.05) is 103 Å². The number of carbonyl (C=O) groups excluding carboxylic acids is 1. The molecule has 0 heterocycles. The molecule has 8 aromatic rings. The zero-order chi connectivity index (χ0) is 54.9. The molecule has 23 heteroatoms. The van der Waals surface area contributed by atoms with E-state index in [4.69, 9.17) is 32.7 Å². The van der Waals surface area contributed by atoms with Gasteiger partial charge in [0.1, 0.15) is 27.0 Å². The number of ether oxygens (including phenoxy) is 2. The Kier molecular flexibility index (Phi) is 20.2. The van der Waals surface area contributed by atoms with Crippen LogP contribution in [0, 0.1) is 0 Å². The molecule has 4 N–H and O–H groups in total. The van der Waals surface area contributed by atoms with Crippen molar-refractivity contribution in [2.45, 2.75) is 50.3 Å². The molecule has 0 spiro atoms. The summed E-state index contributed by atoms with van der Waals surface area (Å²) in [6.07, 6.45) is 0.710. The number of azo groups is 2. The minimum absolute atomic E-state index is 0. The number of benzene rings is 8. The predicted molar refractivity (Wildman–Crippen MR) is 294 cm³/mol. The van der Waals surface area contributed by atoms with E-state index in [0.29, 0.717) is 81.6 Å². The predicted octanol–water partition coefficient (Wildman–Crippen LogP) is 12.3. The Labute approximate surface area is 483 Å². The summed E-state index contributed by atoms with van der Waals surface area (Å²) in [4.78, 5) is 16.4. The fraction of sp³-hybridized carbons (Fsp3) is 0.148. The molecule has 0 aliphatic carbocycles. The van der Waals surface area contributed by atoms with Gasteiger partial charge in [0.2, 0.25) is 0 Å². The Morgan fingerprint density at radius 3 is 1.61 bits per heavy atom. The minimum atomic E-state index is -4.54. The second-order valence-electron chi connectivity index (χ2n) is 16.3. The molecule has 0 aromatic heterocycles. The first-order chi connectivity index (χ1) is 36.2. The van der Waals surface area contributed by atoms with Gasteiger partial charge in [-0.05, 0) is 121 Å². The normalized spacial score (nSPS) is 11.9. The molecule has 0 atom stereocenters. The maximum Gasteiger partial charge on any atom is 2.00 e. The number of phenols is 1. The zero-order valence-electron chi connectivity index (χ0n) is 41.6. The first kappa shape index (κ1) is 59.5. The Balaban J connectivity index is 0.000000246. The number of nitrogens with zero attached hydrogens (tertiary/aromatic N) is 5. The van der Waals surface area contributed by atoms with Gasteiger partial charge in [-0.3, -0.25) is 18.9 Å². The van der Waals surface area contributed by atoms with Gasteiger partial charge in [-0.25, -0.2) is 0 Å². The summed E-state index contributed by atoms with van der Waals surface area (Å²) < 4.78 is 76.3. The van der Waals surface area contributed by atoms with Crippen LogP contribution in [0.4, 0.5) is 34.1 Å². The standard InChI is InChI=1S/2C27H24ClN3O6S.Ca/c2*1-3-16-13-24(38(34,35)36)22(28)15-23(16)30-31-25-20-11-6-5-8-17(20)12-21(26(25)32)27(33)29-18-9-7-10-19(14-18)37-4-2;/h2*5-15,32H,3-4H2,1-2H3,(H,29,33)(H,34,35,36);/q;;+2/p-2. The molecule has 18 nitrogen and oxygen atoms in total.